The van der Waals surface area contributed by atoms with Crippen LogP contribution < -0.4 is 4.90 Å². The van der Waals surface area contributed by atoms with Crippen LogP contribution in [0.4, 0.5) is 5.82 Å². The van der Waals surface area contributed by atoms with E-state index in [9.17, 15) is 4.79 Å². The summed E-state index contributed by atoms with van der Waals surface area (Å²) in [7, 11) is 0. The Morgan fingerprint density at radius 2 is 2.06 bits per heavy atom. The monoisotopic (exact) mass is 219 g/mol. The third kappa shape index (κ3) is 1.35. The zero-order chi connectivity index (χ0) is 11.3. The third-order valence-corrected chi connectivity index (χ3v) is 3.80. The van der Waals surface area contributed by atoms with E-state index < -0.39 is 5.97 Å². The maximum Gasteiger partial charge on any atom is 0.356 e. The number of hydrogen-bond donors (Lipinski definition) is 1. The number of fused-ring (bicyclic) bond motifs is 1. The number of carboxylic acids is 1. The van der Waals surface area contributed by atoms with Crippen LogP contribution in [-0.2, 0) is 0 Å². The Morgan fingerprint density at radius 1 is 1.38 bits per heavy atom. The minimum atomic E-state index is -1.03. The summed E-state index contributed by atoms with van der Waals surface area (Å²) in [4.78, 5) is 20.8. The fraction of sp³-hybridized carbons (Fsp3) is 0.545. The van der Waals surface area contributed by atoms with Crippen LogP contribution in [0.5, 0.6) is 0 Å². The van der Waals surface area contributed by atoms with Gasteiger partial charge in [-0.2, -0.15) is 0 Å². The molecule has 1 N–H and O–H groups in total. The molecular weight excluding hydrogens is 206 g/mol. The number of hydrogen-bond acceptors (Lipinski definition) is 4. The molecule has 0 aromatic carbocycles. The molecule has 0 radical (unpaired) electrons. The van der Waals surface area contributed by atoms with Crippen molar-refractivity contribution in [2.24, 2.45) is 17.8 Å². The predicted molar refractivity (Wildman–Crippen MR) is 57.3 cm³/mol. The van der Waals surface area contributed by atoms with Gasteiger partial charge in [0.15, 0.2) is 5.69 Å². The van der Waals surface area contributed by atoms with Gasteiger partial charge < -0.3 is 10.0 Å². The van der Waals surface area contributed by atoms with Gasteiger partial charge in [0.1, 0.15) is 5.82 Å². The average Bonchev–Trinajstić information content (AvgIpc) is 2.75. The first kappa shape index (κ1) is 9.57. The van der Waals surface area contributed by atoms with Crippen LogP contribution in [0.3, 0.4) is 0 Å². The van der Waals surface area contributed by atoms with Gasteiger partial charge in [0.05, 0.1) is 12.4 Å². The van der Waals surface area contributed by atoms with E-state index in [-0.39, 0.29) is 5.69 Å². The molecule has 1 aliphatic carbocycles. The Labute approximate surface area is 93.1 Å². The largest absolute Gasteiger partial charge is 0.476 e. The lowest BCUT2D eigenvalue weighted by Crippen LogP contribution is -2.24. The van der Waals surface area contributed by atoms with Gasteiger partial charge in [-0.3, -0.25) is 0 Å². The summed E-state index contributed by atoms with van der Waals surface area (Å²) < 4.78 is 0. The second kappa shape index (κ2) is 3.17. The summed E-state index contributed by atoms with van der Waals surface area (Å²) >= 11 is 0. The zero-order valence-electron chi connectivity index (χ0n) is 9.00. The van der Waals surface area contributed by atoms with Gasteiger partial charge in [0.25, 0.3) is 0 Å². The maximum atomic E-state index is 10.6. The maximum absolute atomic E-state index is 10.6. The topological polar surface area (TPSA) is 66.3 Å². The van der Waals surface area contributed by atoms with Crippen molar-refractivity contribution in [3.05, 3.63) is 18.1 Å². The summed E-state index contributed by atoms with van der Waals surface area (Å²) in [5, 5.41) is 8.71. The van der Waals surface area contributed by atoms with Crippen molar-refractivity contribution in [3.63, 3.8) is 0 Å². The minimum absolute atomic E-state index is 0.00137. The summed E-state index contributed by atoms with van der Waals surface area (Å²) in [5.74, 6) is 2.23. The molecule has 0 amide bonds. The molecule has 2 fully saturated rings. The summed E-state index contributed by atoms with van der Waals surface area (Å²) in [5.41, 5.74) is 0.00137. The molecule has 0 spiro atoms. The highest BCUT2D eigenvalue weighted by Gasteiger charge is 2.52. The number of anilines is 1. The van der Waals surface area contributed by atoms with Crippen LogP contribution in [0.2, 0.25) is 0 Å². The number of aromatic carboxylic acids is 1. The first-order valence-electron chi connectivity index (χ1n) is 5.47. The Hall–Kier alpha value is -1.65. The van der Waals surface area contributed by atoms with E-state index in [1.54, 1.807) is 6.20 Å². The normalized spacial score (nSPS) is 31.3. The standard InChI is InChI=1S/C11H13N3O2/c1-6-7-4-14(5-8(6)7)10-3-12-9(2-13-10)11(15)16/h2-3,6-8H,4-5H2,1H3,(H,15,16). The van der Waals surface area contributed by atoms with E-state index in [1.807, 2.05) is 0 Å². The van der Waals surface area contributed by atoms with Gasteiger partial charge in [-0.1, -0.05) is 6.92 Å². The molecule has 5 heteroatoms. The van der Waals surface area contributed by atoms with Crippen molar-refractivity contribution in [1.82, 2.24) is 9.97 Å². The second-order valence-corrected chi connectivity index (χ2v) is 4.66. The summed E-state index contributed by atoms with van der Waals surface area (Å²) in [6, 6.07) is 0. The Morgan fingerprint density at radius 3 is 2.56 bits per heavy atom. The molecule has 1 aromatic heterocycles. The van der Waals surface area contributed by atoms with Crippen LogP contribution in [-0.4, -0.2) is 34.1 Å². The minimum Gasteiger partial charge on any atom is -0.476 e. The highest BCUT2D eigenvalue weighted by Crippen LogP contribution is 2.51. The van der Waals surface area contributed by atoms with E-state index in [0.29, 0.717) is 0 Å². The molecule has 1 saturated carbocycles. The van der Waals surface area contributed by atoms with Crippen molar-refractivity contribution in [2.45, 2.75) is 6.92 Å². The van der Waals surface area contributed by atoms with Gasteiger partial charge >= 0.3 is 5.97 Å². The van der Waals surface area contributed by atoms with Crippen LogP contribution in [0, 0.1) is 17.8 Å². The molecule has 3 rings (SSSR count). The number of aromatic nitrogens is 2. The molecule has 2 unspecified atom stereocenters. The predicted octanol–water partition coefficient (Wildman–Crippen LogP) is 0.877. The van der Waals surface area contributed by atoms with E-state index in [2.05, 4.69) is 21.8 Å². The smallest absolute Gasteiger partial charge is 0.356 e. The number of carbonyl (C=O) groups is 1. The summed E-state index contributed by atoms with van der Waals surface area (Å²) in [6.07, 6.45) is 2.88. The second-order valence-electron chi connectivity index (χ2n) is 4.66. The van der Waals surface area contributed by atoms with Gasteiger partial charge in [-0.05, 0) is 17.8 Å². The Balaban J connectivity index is 1.74. The van der Waals surface area contributed by atoms with Crippen LogP contribution in [0.15, 0.2) is 12.4 Å². The van der Waals surface area contributed by atoms with Gasteiger partial charge in [-0.15, -0.1) is 0 Å². The molecule has 84 valence electrons. The number of piperidine rings is 1. The van der Waals surface area contributed by atoms with E-state index in [1.165, 1.54) is 6.20 Å². The zero-order valence-corrected chi connectivity index (χ0v) is 9.00. The van der Waals surface area contributed by atoms with Gasteiger partial charge in [-0.25, -0.2) is 14.8 Å². The molecule has 2 aliphatic rings. The van der Waals surface area contributed by atoms with Crippen LogP contribution >= 0.6 is 0 Å². The lowest BCUT2D eigenvalue weighted by molar-refractivity contribution is 0.0690. The van der Waals surface area contributed by atoms with Crippen molar-refractivity contribution >= 4 is 11.8 Å². The highest BCUT2D eigenvalue weighted by molar-refractivity contribution is 5.84. The number of nitrogens with zero attached hydrogens (tertiary/aromatic N) is 3. The Kier molecular flexibility index (Phi) is 1.89. The van der Waals surface area contributed by atoms with E-state index >= 15 is 0 Å². The third-order valence-electron chi connectivity index (χ3n) is 3.80. The van der Waals surface area contributed by atoms with Gasteiger partial charge in [0, 0.05) is 13.1 Å². The first-order valence-corrected chi connectivity index (χ1v) is 5.47. The molecule has 2 atom stereocenters. The van der Waals surface area contributed by atoms with Crippen molar-refractivity contribution < 1.29 is 9.90 Å². The van der Waals surface area contributed by atoms with Crippen LogP contribution in [0.25, 0.3) is 0 Å². The molecule has 1 aliphatic heterocycles. The molecular formula is C11H13N3O2. The molecule has 0 bridgehead atoms. The van der Waals surface area contributed by atoms with Gasteiger partial charge in [0.2, 0.25) is 0 Å². The fourth-order valence-corrected chi connectivity index (χ4v) is 2.61. The van der Waals surface area contributed by atoms with E-state index in [0.717, 1.165) is 36.7 Å². The van der Waals surface area contributed by atoms with Crippen molar-refractivity contribution in [3.8, 4) is 0 Å². The number of rotatable bonds is 2. The molecule has 16 heavy (non-hydrogen) atoms. The van der Waals surface area contributed by atoms with E-state index in [4.69, 9.17) is 5.11 Å². The first-order chi connectivity index (χ1) is 7.66. The molecule has 1 aromatic rings. The van der Waals surface area contributed by atoms with Crippen molar-refractivity contribution in [2.75, 3.05) is 18.0 Å². The molecule has 5 nitrogen and oxygen atoms in total. The SMILES string of the molecule is CC1C2CN(c3cnc(C(=O)O)cn3)CC12. The Bertz CT molecular complexity index is 419. The summed E-state index contributed by atoms with van der Waals surface area (Å²) in [6.45, 7) is 4.35. The quantitative estimate of drug-likeness (QED) is 0.799. The fourth-order valence-electron chi connectivity index (χ4n) is 2.61. The lowest BCUT2D eigenvalue weighted by atomic mass is 10.3. The molecule has 1 saturated heterocycles. The average molecular weight is 219 g/mol. The van der Waals surface area contributed by atoms with Crippen molar-refractivity contribution in [1.29, 1.82) is 0 Å². The molecule has 2 heterocycles. The number of carboxylic acid groups (broad SMARTS) is 1. The van der Waals surface area contributed by atoms with Crippen LogP contribution in [0.1, 0.15) is 17.4 Å². The lowest BCUT2D eigenvalue weighted by Gasteiger charge is -2.19. The highest BCUT2D eigenvalue weighted by atomic mass is 16.4.